The zero-order chi connectivity index (χ0) is 20.0. The van der Waals surface area contributed by atoms with Gasteiger partial charge >= 0.3 is 0 Å². The van der Waals surface area contributed by atoms with Crippen molar-refractivity contribution in [2.75, 3.05) is 19.8 Å². The number of carbonyl (C=O) groups is 1. The van der Waals surface area contributed by atoms with Crippen LogP contribution in [0, 0.1) is 5.92 Å². The predicted molar refractivity (Wildman–Crippen MR) is 111 cm³/mol. The van der Waals surface area contributed by atoms with Gasteiger partial charge in [0.25, 0.3) is 0 Å². The van der Waals surface area contributed by atoms with Gasteiger partial charge in [-0.3, -0.25) is 4.79 Å². The van der Waals surface area contributed by atoms with Crippen LogP contribution in [0.4, 0.5) is 0 Å². The van der Waals surface area contributed by atoms with Gasteiger partial charge in [-0.05, 0) is 25.7 Å². The number of carbonyl (C=O) groups excluding carboxylic acids is 1. The lowest BCUT2D eigenvalue weighted by atomic mass is 9.94. The van der Waals surface area contributed by atoms with Crippen LogP contribution in [0.2, 0.25) is 0 Å². The number of ether oxygens (including phenoxy) is 3. The number of unbranched alkanes of at least 4 members (excludes halogenated alkanes) is 7. The van der Waals surface area contributed by atoms with E-state index in [0.29, 0.717) is 5.92 Å². The Labute approximate surface area is 167 Å². The van der Waals surface area contributed by atoms with Crippen molar-refractivity contribution in [1.29, 1.82) is 0 Å². The van der Waals surface area contributed by atoms with Crippen LogP contribution in [-0.2, 0) is 19.0 Å². The molecule has 2 unspecified atom stereocenters. The lowest BCUT2D eigenvalue weighted by molar-refractivity contribution is -0.265. The molecule has 1 rings (SSSR count). The van der Waals surface area contributed by atoms with Crippen molar-refractivity contribution in [3.05, 3.63) is 0 Å². The van der Waals surface area contributed by atoms with Crippen LogP contribution in [0.3, 0.4) is 0 Å². The van der Waals surface area contributed by atoms with Crippen LogP contribution in [-0.4, -0.2) is 37.5 Å². The van der Waals surface area contributed by atoms with Crippen LogP contribution < -0.4 is 0 Å². The molecule has 1 aliphatic heterocycles. The normalized spacial score (nSPS) is 19.2. The van der Waals surface area contributed by atoms with Gasteiger partial charge in [0, 0.05) is 0 Å². The zero-order valence-electron chi connectivity index (χ0n) is 18.4. The molecule has 4 nitrogen and oxygen atoms in total. The number of hydrogen-bond donors (Lipinski definition) is 0. The lowest BCUT2D eigenvalue weighted by Crippen LogP contribution is -2.50. The molecular weight excluding hydrogens is 340 g/mol. The van der Waals surface area contributed by atoms with E-state index >= 15 is 0 Å². The molecule has 1 saturated heterocycles. The Morgan fingerprint density at radius 2 is 1.56 bits per heavy atom. The fourth-order valence-electron chi connectivity index (χ4n) is 3.68. The zero-order valence-corrected chi connectivity index (χ0v) is 18.4. The van der Waals surface area contributed by atoms with E-state index in [0.717, 1.165) is 25.9 Å². The molecule has 4 heteroatoms. The van der Waals surface area contributed by atoms with Gasteiger partial charge in [-0.15, -0.1) is 0 Å². The Kier molecular flexibility index (Phi) is 13.2. The fraction of sp³-hybridized carbons (Fsp3) is 0.957. The first kappa shape index (κ1) is 24.6. The second-order valence-electron chi connectivity index (χ2n) is 8.40. The molecular formula is C23H44O4. The lowest BCUT2D eigenvalue weighted by Gasteiger charge is -2.39. The molecule has 0 spiro atoms. The molecule has 0 radical (unpaired) electrons. The van der Waals surface area contributed by atoms with E-state index in [1.165, 1.54) is 57.8 Å². The summed E-state index contributed by atoms with van der Waals surface area (Å²) in [5.74, 6) is 0.599. The van der Waals surface area contributed by atoms with Crippen LogP contribution in [0.5, 0.6) is 0 Å². The molecule has 0 saturated carbocycles. The number of rotatable bonds is 16. The van der Waals surface area contributed by atoms with Gasteiger partial charge in [-0.1, -0.05) is 85.0 Å². The third-order valence-electron chi connectivity index (χ3n) is 5.76. The summed E-state index contributed by atoms with van der Waals surface area (Å²) in [7, 11) is 0. The first-order valence-corrected chi connectivity index (χ1v) is 11.4. The summed E-state index contributed by atoms with van der Waals surface area (Å²) in [6, 6.07) is 0. The molecule has 0 aromatic rings. The number of hydrogen-bond acceptors (Lipinski definition) is 4. The first-order valence-electron chi connectivity index (χ1n) is 11.4. The van der Waals surface area contributed by atoms with Crippen molar-refractivity contribution < 1.29 is 19.0 Å². The highest BCUT2D eigenvalue weighted by atomic mass is 16.7. The maximum Gasteiger partial charge on any atom is 0.187 e. The van der Waals surface area contributed by atoms with Gasteiger partial charge in [0.15, 0.2) is 12.1 Å². The Hall–Kier alpha value is -0.450. The molecule has 0 aromatic heterocycles. The standard InChI is InChI=1S/C23H44O4/c1-5-8-10-11-12-13-14-16-23(4,22-25-18-21(24)19-26-22)27-17-20(7-3)15-9-6-2/h20,22H,5-19H2,1-4H3. The van der Waals surface area contributed by atoms with Crippen molar-refractivity contribution in [1.82, 2.24) is 0 Å². The van der Waals surface area contributed by atoms with E-state index in [4.69, 9.17) is 14.2 Å². The minimum absolute atomic E-state index is 0.0129. The average molecular weight is 385 g/mol. The Morgan fingerprint density at radius 1 is 0.963 bits per heavy atom. The smallest absolute Gasteiger partial charge is 0.187 e. The van der Waals surface area contributed by atoms with E-state index in [-0.39, 0.29) is 19.0 Å². The summed E-state index contributed by atoms with van der Waals surface area (Å²) < 4.78 is 17.9. The minimum atomic E-state index is -0.468. The summed E-state index contributed by atoms with van der Waals surface area (Å²) in [5, 5.41) is 0. The van der Waals surface area contributed by atoms with Crippen LogP contribution in [0.1, 0.15) is 105 Å². The molecule has 0 amide bonds. The highest BCUT2D eigenvalue weighted by Crippen LogP contribution is 2.30. The van der Waals surface area contributed by atoms with Crippen molar-refractivity contribution >= 4 is 5.78 Å². The fourth-order valence-corrected chi connectivity index (χ4v) is 3.68. The molecule has 1 heterocycles. The molecule has 0 N–H and O–H groups in total. The van der Waals surface area contributed by atoms with E-state index in [1.807, 2.05) is 0 Å². The quantitative estimate of drug-likeness (QED) is 0.303. The Morgan fingerprint density at radius 3 is 2.15 bits per heavy atom. The third-order valence-corrected chi connectivity index (χ3v) is 5.76. The molecule has 0 aliphatic carbocycles. The van der Waals surface area contributed by atoms with E-state index < -0.39 is 11.9 Å². The SMILES string of the molecule is CCCCCCCCCC(C)(OCC(CC)CCCC)C1OCC(=O)CO1. The number of Topliss-reactive ketones (excluding diaryl/α,β-unsaturated/α-hetero) is 1. The average Bonchev–Trinajstić information content (AvgIpc) is 2.68. The van der Waals surface area contributed by atoms with Crippen LogP contribution >= 0.6 is 0 Å². The number of ketones is 1. The van der Waals surface area contributed by atoms with Gasteiger partial charge in [0.1, 0.15) is 18.8 Å². The molecule has 160 valence electrons. The molecule has 27 heavy (non-hydrogen) atoms. The van der Waals surface area contributed by atoms with Crippen molar-refractivity contribution in [2.24, 2.45) is 5.92 Å². The summed E-state index contributed by atoms with van der Waals surface area (Å²) >= 11 is 0. The second-order valence-corrected chi connectivity index (χ2v) is 8.40. The topological polar surface area (TPSA) is 44.8 Å². The van der Waals surface area contributed by atoms with E-state index in [9.17, 15) is 4.79 Å². The largest absolute Gasteiger partial charge is 0.370 e. The molecule has 1 aliphatic rings. The monoisotopic (exact) mass is 384 g/mol. The Balaban J connectivity index is 2.51. The third kappa shape index (κ3) is 10.0. The maximum absolute atomic E-state index is 11.5. The highest BCUT2D eigenvalue weighted by Gasteiger charge is 2.39. The molecule has 0 bridgehead atoms. The summed E-state index contributed by atoms with van der Waals surface area (Å²) in [6.07, 6.45) is 14.2. The van der Waals surface area contributed by atoms with Gasteiger partial charge in [-0.2, -0.15) is 0 Å². The highest BCUT2D eigenvalue weighted by molar-refractivity contribution is 5.81. The molecule has 0 aromatic carbocycles. The predicted octanol–water partition coefficient (Wildman–Crippen LogP) is 6.06. The Bertz CT molecular complexity index is 375. The van der Waals surface area contributed by atoms with E-state index in [2.05, 4.69) is 27.7 Å². The van der Waals surface area contributed by atoms with Crippen molar-refractivity contribution in [2.45, 2.75) is 117 Å². The van der Waals surface area contributed by atoms with Gasteiger partial charge in [0.2, 0.25) is 0 Å². The van der Waals surface area contributed by atoms with Crippen LogP contribution in [0.15, 0.2) is 0 Å². The summed E-state index contributed by atoms with van der Waals surface area (Å²) in [4.78, 5) is 11.5. The maximum atomic E-state index is 11.5. The van der Waals surface area contributed by atoms with Gasteiger partial charge < -0.3 is 14.2 Å². The molecule has 2 atom stereocenters. The molecule has 1 fully saturated rings. The van der Waals surface area contributed by atoms with E-state index in [1.54, 1.807) is 0 Å². The van der Waals surface area contributed by atoms with Gasteiger partial charge in [0.05, 0.1) is 6.61 Å². The second kappa shape index (κ2) is 14.5. The minimum Gasteiger partial charge on any atom is -0.370 e. The summed E-state index contributed by atoms with van der Waals surface area (Å²) in [5.41, 5.74) is -0.468. The summed E-state index contributed by atoms with van der Waals surface area (Å²) in [6.45, 7) is 9.88. The van der Waals surface area contributed by atoms with Crippen molar-refractivity contribution in [3.63, 3.8) is 0 Å². The van der Waals surface area contributed by atoms with Crippen LogP contribution in [0.25, 0.3) is 0 Å². The van der Waals surface area contributed by atoms with Gasteiger partial charge in [-0.25, -0.2) is 0 Å². The van der Waals surface area contributed by atoms with Crippen molar-refractivity contribution in [3.8, 4) is 0 Å². The first-order chi connectivity index (χ1) is 13.1.